The van der Waals surface area contributed by atoms with Crippen LogP contribution in [0.4, 0.5) is 5.69 Å². The molecule has 0 aromatic heterocycles. The Bertz CT molecular complexity index is 569. The van der Waals surface area contributed by atoms with Crippen LogP contribution >= 0.6 is 0 Å². The van der Waals surface area contributed by atoms with Crippen LogP contribution in [0, 0.1) is 11.3 Å². The number of nitriles is 1. The van der Waals surface area contributed by atoms with Crippen LogP contribution in [0.15, 0.2) is 41.4 Å². The molecule has 3 rings (SSSR count). The van der Waals surface area contributed by atoms with E-state index in [9.17, 15) is 0 Å². The molecule has 0 bridgehead atoms. The van der Waals surface area contributed by atoms with Gasteiger partial charge in [0.2, 0.25) is 0 Å². The fourth-order valence-corrected chi connectivity index (χ4v) is 2.01. The molecule has 70 valence electrons. The molecule has 2 aliphatic rings. The predicted molar refractivity (Wildman–Crippen MR) is 60.0 cm³/mol. The topological polar surface area (TPSA) is 36.1 Å². The molecule has 0 spiro atoms. The van der Waals surface area contributed by atoms with Gasteiger partial charge in [0.1, 0.15) is 6.07 Å². The van der Waals surface area contributed by atoms with E-state index in [4.69, 9.17) is 5.26 Å². The summed E-state index contributed by atoms with van der Waals surface area (Å²) in [7, 11) is 0. The molecule has 0 saturated heterocycles. The maximum absolute atomic E-state index is 8.98. The van der Waals surface area contributed by atoms with Crippen LogP contribution in [0.1, 0.15) is 17.5 Å². The Morgan fingerprint density at radius 2 is 2.27 bits per heavy atom. The minimum Gasteiger partial charge on any atom is -0.250 e. The summed E-state index contributed by atoms with van der Waals surface area (Å²) in [5.41, 5.74) is 4.84. The molecule has 1 aromatic rings. The number of rotatable bonds is 0. The maximum atomic E-state index is 8.98. The van der Waals surface area contributed by atoms with Crippen LogP contribution in [0.2, 0.25) is 0 Å². The van der Waals surface area contributed by atoms with Crippen molar-refractivity contribution in [2.75, 3.05) is 0 Å². The SMILES string of the molecule is N#Cc1cccc2c1N=C1CC=CC=C12. The van der Waals surface area contributed by atoms with E-state index >= 15 is 0 Å². The highest BCUT2D eigenvalue weighted by atomic mass is 14.8. The number of allylic oxidation sites excluding steroid dienone is 4. The van der Waals surface area contributed by atoms with E-state index in [0.29, 0.717) is 5.56 Å². The van der Waals surface area contributed by atoms with Gasteiger partial charge >= 0.3 is 0 Å². The third kappa shape index (κ3) is 1.07. The van der Waals surface area contributed by atoms with Crippen LogP contribution in [0.5, 0.6) is 0 Å². The summed E-state index contributed by atoms with van der Waals surface area (Å²) in [4.78, 5) is 4.52. The molecule has 0 atom stereocenters. The number of fused-ring (bicyclic) bond motifs is 3. The van der Waals surface area contributed by atoms with E-state index < -0.39 is 0 Å². The number of hydrogen-bond donors (Lipinski definition) is 0. The zero-order chi connectivity index (χ0) is 10.3. The molecular weight excluding hydrogens is 184 g/mol. The second kappa shape index (κ2) is 2.93. The van der Waals surface area contributed by atoms with Crippen molar-refractivity contribution < 1.29 is 0 Å². The molecular formula is C13H8N2. The smallest absolute Gasteiger partial charge is 0.101 e. The lowest BCUT2D eigenvalue weighted by atomic mass is 9.96. The fourth-order valence-electron chi connectivity index (χ4n) is 2.01. The molecule has 0 unspecified atom stereocenters. The Morgan fingerprint density at radius 3 is 3.13 bits per heavy atom. The standard InChI is InChI=1S/C13H8N2/c14-8-9-4-3-6-11-10-5-1-2-7-12(10)15-13(9)11/h1-6H,7H2. The fraction of sp³-hybridized carbons (Fsp3) is 0.0769. The summed E-state index contributed by atoms with van der Waals surface area (Å²) in [5, 5.41) is 8.98. The highest BCUT2D eigenvalue weighted by Crippen LogP contribution is 2.39. The van der Waals surface area contributed by atoms with Crippen LogP contribution in [-0.4, -0.2) is 5.71 Å². The Hall–Kier alpha value is -2.14. The molecule has 0 fully saturated rings. The van der Waals surface area contributed by atoms with Crippen molar-refractivity contribution in [3.05, 3.63) is 47.6 Å². The maximum Gasteiger partial charge on any atom is 0.101 e. The van der Waals surface area contributed by atoms with Gasteiger partial charge in [0.05, 0.1) is 17.0 Å². The zero-order valence-corrected chi connectivity index (χ0v) is 8.07. The normalized spacial score (nSPS) is 16.2. The first kappa shape index (κ1) is 8.19. The lowest BCUT2D eigenvalue weighted by Gasteiger charge is -2.05. The Labute approximate surface area is 87.9 Å². The number of aliphatic imine (C=N–C) groups is 1. The molecule has 15 heavy (non-hydrogen) atoms. The van der Waals surface area contributed by atoms with Crippen molar-refractivity contribution in [1.29, 1.82) is 5.26 Å². The van der Waals surface area contributed by atoms with Crippen LogP contribution < -0.4 is 0 Å². The van der Waals surface area contributed by atoms with Crippen molar-refractivity contribution in [2.45, 2.75) is 6.42 Å². The third-order valence-corrected chi connectivity index (χ3v) is 2.71. The summed E-state index contributed by atoms with van der Waals surface area (Å²) in [6, 6.07) is 7.93. The molecule has 2 nitrogen and oxygen atoms in total. The van der Waals surface area contributed by atoms with Crippen molar-refractivity contribution in [3.63, 3.8) is 0 Å². The predicted octanol–water partition coefficient (Wildman–Crippen LogP) is 2.99. The highest BCUT2D eigenvalue weighted by molar-refractivity contribution is 6.30. The molecule has 1 aliphatic carbocycles. The Balaban J connectivity index is 2.29. The second-order valence-corrected chi connectivity index (χ2v) is 3.58. The number of para-hydroxylation sites is 1. The van der Waals surface area contributed by atoms with E-state index in [1.54, 1.807) is 0 Å². The van der Waals surface area contributed by atoms with E-state index in [1.807, 2.05) is 24.3 Å². The summed E-state index contributed by atoms with van der Waals surface area (Å²) < 4.78 is 0. The average Bonchev–Trinajstić information content (AvgIpc) is 2.67. The van der Waals surface area contributed by atoms with Crippen LogP contribution in [-0.2, 0) is 0 Å². The third-order valence-electron chi connectivity index (χ3n) is 2.71. The van der Waals surface area contributed by atoms with Crippen molar-refractivity contribution in [3.8, 4) is 6.07 Å². The van der Waals surface area contributed by atoms with Gasteiger partial charge < -0.3 is 0 Å². The minimum absolute atomic E-state index is 0.662. The van der Waals surface area contributed by atoms with E-state index in [1.165, 1.54) is 5.57 Å². The van der Waals surface area contributed by atoms with Gasteiger partial charge in [-0.1, -0.05) is 30.4 Å². The zero-order valence-electron chi connectivity index (χ0n) is 8.07. The van der Waals surface area contributed by atoms with Crippen molar-refractivity contribution in [1.82, 2.24) is 0 Å². The van der Waals surface area contributed by atoms with Gasteiger partial charge in [0, 0.05) is 17.6 Å². The van der Waals surface area contributed by atoms with E-state index in [2.05, 4.69) is 23.2 Å². The number of nitrogens with zero attached hydrogens (tertiary/aromatic N) is 2. The second-order valence-electron chi connectivity index (χ2n) is 3.58. The van der Waals surface area contributed by atoms with Gasteiger partial charge in [-0.2, -0.15) is 5.26 Å². The summed E-state index contributed by atoms with van der Waals surface area (Å²) >= 11 is 0. The van der Waals surface area contributed by atoms with Crippen LogP contribution in [0.3, 0.4) is 0 Å². The highest BCUT2D eigenvalue weighted by Gasteiger charge is 2.22. The molecule has 0 N–H and O–H groups in total. The number of benzene rings is 1. The molecule has 1 aliphatic heterocycles. The first-order valence-electron chi connectivity index (χ1n) is 4.88. The van der Waals surface area contributed by atoms with Gasteiger partial charge in [0.25, 0.3) is 0 Å². The summed E-state index contributed by atoms with van der Waals surface area (Å²) in [6.45, 7) is 0. The van der Waals surface area contributed by atoms with E-state index in [-0.39, 0.29) is 0 Å². The van der Waals surface area contributed by atoms with Gasteiger partial charge in [0.15, 0.2) is 0 Å². The first-order valence-corrected chi connectivity index (χ1v) is 4.88. The molecule has 0 amide bonds. The van der Waals surface area contributed by atoms with Gasteiger partial charge in [-0.3, -0.25) is 4.99 Å². The molecule has 1 heterocycles. The molecule has 1 aromatic carbocycles. The monoisotopic (exact) mass is 192 g/mol. The number of hydrogen-bond acceptors (Lipinski definition) is 2. The molecule has 0 radical (unpaired) electrons. The molecule has 2 heteroatoms. The first-order chi connectivity index (χ1) is 7.40. The Morgan fingerprint density at radius 1 is 1.33 bits per heavy atom. The molecule has 0 saturated carbocycles. The lowest BCUT2D eigenvalue weighted by molar-refractivity contribution is 1.42. The average molecular weight is 192 g/mol. The van der Waals surface area contributed by atoms with Crippen LogP contribution in [0.25, 0.3) is 5.57 Å². The quantitative estimate of drug-likeness (QED) is 0.622. The van der Waals surface area contributed by atoms with Crippen molar-refractivity contribution >= 4 is 17.0 Å². The van der Waals surface area contributed by atoms with Gasteiger partial charge in [-0.25, -0.2) is 0 Å². The summed E-state index contributed by atoms with van der Waals surface area (Å²) in [5.74, 6) is 0. The van der Waals surface area contributed by atoms with Crippen molar-refractivity contribution in [2.24, 2.45) is 4.99 Å². The minimum atomic E-state index is 0.662. The Kier molecular flexibility index (Phi) is 1.60. The van der Waals surface area contributed by atoms with E-state index in [0.717, 1.165) is 23.4 Å². The van der Waals surface area contributed by atoms with Gasteiger partial charge in [-0.15, -0.1) is 0 Å². The largest absolute Gasteiger partial charge is 0.250 e. The van der Waals surface area contributed by atoms with Gasteiger partial charge in [-0.05, 0) is 6.07 Å². The lowest BCUT2D eigenvalue weighted by Crippen LogP contribution is -1.97. The summed E-state index contributed by atoms with van der Waals surface area (Å²) in [6.07, 6.45) is 7.06.